The van der Waals surface area contributed by atoms with E-state index >= 15 is 0 Å². The van der Waals surface area contributed by atoms with E-state index in [0.717, 1.165) is 27.7 Å². The molecule has 0 saturated carbocycles. The number of allylic oxidation sites excluding steroid dienone is 1. The van der Waals surface area contributed by atoms with Gasteiger partial charge in [0.1, 0.15) is 5.82 Å². The lowest BCUT2D eigenvalue weighted by molar-refractivity contribution is 0.0990. The van der Waals surface area contributed by atoms with Gasteiger partial charge in [-0.3, -0.25) is 9.59 Å². The van der Waals surface area contributed by atoms with Crippen LogP contribution in [-0.4, -0.2) is 16.1 Å². The largest absolute Gasteiger partial charge is 0.340 e. The minimum atomic E-state index is -0.268. The monoisotopic (exact) mass is 395 g/mol. The summed E-state index contributed by atoms with van der Waals surface area (Å²) in [5.41, 5.74) is 4.90. The van der Waals surface area contributed by atoms with E-state index in [0.29, 0.717) is 17.7 Å². The van der Waals surface area contributed by atoms with Gasteiger partial charge in [-0.2, -0.15) is 0 Å². The molecule has 3 aromatic carbocycles. The van der Waals surface area contributed by atoms with Crippen LogP contribution in [0, 0.1) is 12.7 Å². The smallest absolute Gasteiger partial charge is 0.197 e. The number of carbonyl (C=O) groups excluding carboxylic acids is 2. The van der Waals surface area contributed by atoms with Crippen LogP contribution >= 0.6 is 0 Å². The quantitative estimate of drug-likeness (QED) is 0.335. The number of para-hydroxylation sites is 1. The van der Waals surface area contributed by atoms with Crippen molar-refractivity contribution in [1.29, 1.82) is 0 Å². The Morgan fingerprint density at radius 2 is 1.43 bits per heavy atom. The summed E-state index contributed by atoms with van der Waals surface area (Å²) >= 11 is 0. The van der Waals surface area contributed by atoms with Gasteiger partial charge in [0, 0.05) is 39.8 Å². The zero-order chi connectivity index (χ0) is 20.8. The van der Waals surface area contributed by atoms with Crippen molar-refractivity contribution in [2.24, 2.45) is 0 Å². The topological polar surface area (TPSA) is 39.1 Å². The number of carbonyl (C=O) groups is 2. The highest BCUT2D eigenvalue weighted by Gasteiger charge is 2.33. The Morgan fingerprint density at radius 3 is 2.10 bits per heavy atom. The van der Waals surface area contributed by atoms with E-state index < -0.39 is 0 Å². The summed E-state index contributed by atoms with van der Waals surface area (Å²) in [6.07, 6.45) is 1.73. The second kappa shape index (κ2) is 6.92. The van der Waals surface area contributed by atoms with Crippen molar-refractivity contribution in [2.45, 2.75) is 13.5 Å². The molecule has 0 fully saturated rings. The Bertz CT molecular complexity index is 1320. The number of halogens is 1. The molecule has 1 aromatic heterocycles. The Kier molecular flexibility index (Phi) is 4.21. The molecule has 0 N–H and O–H groups in total. The molecule has 146 valence electrons. The minimum absolute atomic E-state index is 0.198. The average Bonchev–Trinajstić information content (AvgIpc) is 3.17. The summed E-state index contributed by atoms with van der Waals surface area (Å²) in [4.78, 5) is 25.7. The maximum Gasteiger partial charge on any atom is 0.197 e. The maximum atomic E-state index is 13.3. The van der Waals surface area contributed by atoms with Gasteiger partial charge in [0.2, 0.25) is 0 Å². The number of rotatable bonds is 3. The van der Waals surface area contributed by atoms with Crippen LogP contribution in [0.5, 0.6) is 0 Å². The zero-order valence-corrected chi connectivity index (χ0v) is 16.4. The van der Waals surface area contributed by atoms with E-state index in [2.05, 4.69) is 4.57 Å². The van der Waals surface area contributed by atoms with E-state index in [1.165, 1.54) is 12.1 Å². The fourth-order valence-corrected chi connectivity index (χ4v) is 4.16. The fraction of sp³-hybridized carbons (Fsp3) is 0.0769. The Morgan fingerprint density at radius 1 is 0.833 bits per heavy atom. The lowest BCUT2D eigenvalue weighted by Gasteiger charge is -2.09. The molecule has 4 heteroatoms. The zero-order valence-electron chi connectivity index (χ0n) is 16.4. The third-order valence-electron chi connectivity index (χ3n) is 5.73. The Hall–Kier alpha value is -3.79. The minimum Gasteiger partial charge on any atom is -0.340 e. The summed E-state index contributed by atoms with van der Waals surface area (Å²) in [6, 6.07) is 21.3. The van der Waals surface area contributed by atoms with Crippen LogP contribution in [0.15, 0.2) is 78.4 Å². The van der Waals surface area contributed by atoms with Crippen LogP contribution in [0.1, 0.15) is 37.5 Å². The van der Waals surface area contributed by atoms with Crippen molar-refractivity contribution in [1.82, 2.24) is 4.57 Å². The molecule has 4 aromatic rings. The molecule has 3 nitrogen and oxygen atoms in total. The molecule has 30 heavy (non-hydrogen) atoms. The molecule has 1 heterocycles. The van der Waals surface area contributed by atoms with Crippen LogP contribution in [0.25, 0.3) is 17.0 Å². The molecule has 0 aliphatic heterocycles. The van der Waals surface area contributed by atoms with E-state index in [1.807, 2.05) is 31.2 Å². The second-order valence-corrected chi connectivity index (χ2v) is 7.49. The normalized spacial score (nSPS) is 13.2. The molecule has 0 spiro atoms. The number of nitrogens with zero attached hydrogens (tertiary/aromatic N) is 1. The molecule has 5 rings (SSSR count). The molecule has 1 aliphatic carbocycles. The van der Waals surface area contributed by atoms with E-state index in [9.17, 15) is 14.0 Å². The third kappa shape index (κ3) is 2.80. The van der Waals surface area contributed by atoms with Gasteiger partial charge in [-0.25, -0.2) is 4.39 Å². The van der Waals surface area contributed by atoms with Gasteiger partial charge in [0.05, 0.1) is 5.57 Å². The van der Waals surface area contributed by atoms with Crippen molar-refractivity contribution in [2.75, 3.05) is 0 Å². The third-order valence-corrected chi connectivity index (χ3v) is 5.73. The van der Waals surface area contributed by atoms with E-state index in [-0.39, 0.29) is 23.0 Å². The molecule has 0 atom stereocenters. The first-order valence-electron chi connectivity index (χ1n) is 9.77. The summed E-state index contributed by atoms with van der Waals surface area (Å²) in [7, 11) is 0. The van der Waals surface area contributed by atoms with Gasteiger partial charge in [-0.1, -0.05) is 54.6 Å². The van der Waals surface area contributed by atoms with Crippen LogP contribution in [0.3, 0.4) is 0 Å². The number of fused-ring (bicyclic) bond motifs is 2. The molecule has 0 amide bonds. The van der Waals surface area contributed by atoms with Gasteiger partial charge in [0.25, 0.3) is 0 Å². The lowest BCUT2D eigenvalue weighted by Crippen LogP contribution is -2.03. The van der Waals surface area contributed by atoms with E-state index in [1.54, 1.807) is 42.5 Å². The van der Waals surface area contributed by atoms with Crippen molar-refractivity contribution in [3.05, 3.63) is 112 Å². The first kappa shape index (κ1) is 18.3. The van der Waals surface area contributed by atoms with Gasteiger partial charge in [0.15, 0.2) is 11.6 Å². The average molecular weight is 395 g/mol. The van der Waals surface area contributed by atoms with Crippen LogP contribution < -0.4 is 0 Å². The highest BCUT2D eigenvalue weighted by atomic mass is 19.1. The highest BCUT2D eigenvalue weighted by molar-refractivity contribution is 6.41. The van der Waals surface area contributed by atoms with Gasteiger partial charge >= 0.3 is 0 Å². The number of hydrogen-bond acceptors (Lipinski definition) is 2. The lowest BCUT2D eigenvalue weighted by atomic mass is 10.0. The predicted molar refractivity (Wildman–Crippen MR) is 115 cm³/mol. The Labute approximate surface area is 173 Å². The summed E-state index contributed by atoms with van der Waals surface area (Å²) in [6.45, 7) is 2.55. The summed E-state index contributed by atoms with van der Waals surface area (Å²) < 4.78 is 15.4. The maximum absolute atomic E-state index is 13.3. The predicted octanol–water partition coefficient (Wildman–Crippen LogP) is 5.60. The van der Waals surface area contributed by atoms with Crippen LogP contribution in [0.2, 0.25) is 0 Å². The summed E-state index contributed by atoms with van der Waals surface area (Å²) in [5.74, 6) is -0.730. The van der Waals surface area contributed by atoms with Gasteiger partial charge < -0.3 is 4.57 Å². The van der Waals surface area contributed by atoms with Gasteiger partial charge in [-0.15, -0.1) is 0 Å². The molecule has 0 saturated heterocycles. The van der Waals surface area contributed by atoms with Crippen molar-refractivity contribution in [3.63, 3.8) is 0 Å². The number of Topliss-reactive ketones (excluding diaryl/α,β-unsaturated/α-hetero) is 2. The summed E-state index contributed by atoms with van der Waals surface area (Å²) in [5, 5.41) is 0.973. The number of ketones is 2. The van der Waals surface area contributed by atoms with Crippen LogP contribution in [0.4, 0.5) is 4.39 Å². The van der Waals surface area contributed by atoms with Crippen LogP contribution in [-0.2, 0) is 6.54 Å². The second-order valence-electron chi connectivity index (χ2n) is 7.49. The number of hydrogen-bond donors (Lipinski definition) is 0. The highest BCUT2D eigenvalue weighted by Crippen LogP contribution is 2.33. The van der Waals surface area contributed by atoms with E-state index in [4.69, 9.17) is 0 Å². The SMILES string of the molecule is Cc1c(C=C2C(=O)c3ccccc3C2=O)c2ccccc2n1Cc1ccc(F)cc1. The first-order valence-corrected chi connectivity index (χ1v) is 9.77. The molecule has 1 aliphatic rings. The van der Waals surface area contributed by atoms with Gasteiger partial charge in [-0.05, 0) is 36.8 Å². The molecular formula is C26H18FNO2. The molecule has 0 bridgehead atoms. The number of benzene rings is 3. The van der Waals surface area contributed by atoms with Crippen molar-refractivity contribution in [3.8, 4) is 0 Å². The Balaban J connectivity index is 1.65. The molecule has 0 radical (unpaired) electrons. The molecular weight excluding hydrogens is 377 g/mol. The van der Waals surface area contributed by atoms with Crippen molar-refractivity contribution >= 4 is 28.5 Å². The first-order chi connectivity index (χ1) is 14.5. The molecule has 0 unspecified atom stereocenters. The number of aromatic nitrogens is 1. The fourth-order valence-electron chi connectivity index (χ4n) is 4.16. The van der Waals surface area contributed by atoms with Crippen molar-refractivity contribution < 1.29 is 14.0 Å². The standard InChI is InChI=1S/C26H18FNO2/c1-16-22(14-23-25(29)20-7-2-3-8-21(20)26(23)30)19-6-4-5-9-24(19)28(16)15-17-10-12-18(27)13-11-17/h2-14H,15H2,1H3.